The van der Waals surface area contributed by atoms with Gasteiger partial charge in [0.1, 0.15) is 6.54 Å². The highest BCUT2D eigenvalue weighted by atomic mass is 32.1. The molecule has 5 heteroatoms. The predicted octanol–water partition coefficient (Wildman–Crippen LogP) is 5.77. The van der Waals surface area contributed by atoms with Crippen molar-refractivity contribution in [2.45, 2.75) is 40.3 Å². The highest BCUT2D eigenvalue weighted by Crippen LogP contribution is 2.17. The molecule has 0 N–H and O–H groups in total. The Labute approximate surface area is 195 Å². The van der Waals surface area contributed by atoms with Crippen LogP contribution in [0.5, 0.6) is 0 Å². The second-order valence-electron chi connectivity index (χ2n) is 8.33. The molecule has 3 rings (SSSR count). The molecule has 0 bridgehead atoms. The second-order valence-corrected chi connectivity index (χ2v) is 9.36. The van der Waals surface area contributed by atoms with Crippen molar-refractivity contribution in [3.05, 3.63) is 93.7 Å². The minimum atomic E-state index is -0.0764. The van der Waals surface area contributed by atoms with Gasteiger partial charge in [0, 0.05) is 23.5 Å². The topological polar surface area (TPSA) is 40.6 Å². The third kappa shape index (κ3) is 6.54. The van der Waals surface area contributed by atoms with Crippen LogP contribution in [0.4, 0.5) is 0 Å². The van der Waals surface area contributed by atoms with Crippen LogP contribution in [0.15, 0.2) is 72.1 Å². The molecular weight excluding hydrogens is 416 g/mol. The number of amides is 2. The Hall–Kier alpha value is -2.92. The average Bonchev–Trinajstić information content (AvgIpc) is 3.32. The predicted molar refractivity (Wildman–Crippen MR) is 132 cm³/mol. The van der Waals surface area contributed by atoms with Crippen molar-refractivity contribution in [3.8, 4) is 0 Å². The molecule has 0 spiro atoms. The number of rotatable bonds is 10. The van der Waals surface area contributed by atoms with E-state index in [0.29, 0.717) is 31.1 Å². The van der Waals surface area contributed by atoms with E-state index in [0.717, 1.165) is 22.4 Å². The van der Waals surface area contributed by atoms with Crippen molar-refractivity contribution in [1.82, 2.24) is 9.80 Å². The zero-order chi connectivity index (χ0) is 22.9. The molecule has 0 aliphatic heterocycles. The summed E-state index contributed by atoms with van der Waals surface area (Å²) in [5, 5.41) is 2.03. The fourth-order valence-electron chi connectivity index (χ4n) is 3.60. The van der Waals surface area contributed by atoms with Crippen LogP contribution in [-0.4, -0.2) is 34.7 Å². The highest BCUT2D eigenvalue weighted by Gasteiger charge is 2.25. The monoisotopic (exact) mass is 448 g/mol. The Bertz CT molecular complexity index is 1000. The molecule has 3 aromatic rings. The van der Waals surface area contributed by atoms with E-state index in [-0.39, 0.29) is 18.4 Å². The molecule has 4 nitrogen and oxygen atoms in total. The Morgan fingerprint density at radius 3 is 2.28 bits per heavy atom. The van der Waals surface area contributed by atoms with Crippen molar-refractivity contribution in [1.29, 1.82) is 0 Å². The number of carbonyl (C=O) groups is 2. The minimum absolute atomic E-state index is 0.0347. The van der Waals surface area contributed by atoms with Crippen LogP contribution in [0.1, 0.15) is 46.6 Å². The smallest absolute Gasteiger partial charge is 0.254 e. The van der Waals surface area contributed by atoms with Gasteiger partial charge in [-0.2, -0.15) is 0 Å². The molecule has 0 aliphatic rings. The number of aryl methyl sites for hydroxylation is 1. The van der Waals surface area contributed by atoms with E-state index in [1.807, 2.05) is 83.9 Å². The van der Waals surface area contributed by atoms with Crippen molar-refractivity contribution >= 4 is 23.2 Å². The first kappa shape index (κ1) is 23.7. The lowest BCUT2D eigenvalue weighted by atomic mass is 10.1. The summed E-state index contributed by atoms with van der Waals surface area (Å²) in [6.45, 7) is 7.88. The molecule has 0 saturated heterocycles. The fraction of sp³-hybridized carbons (Fsp3) is 0.333. The maximum atomic E-state index is 13.5. The Morgan fingerprint density at radius 1 is 0.906 bits per heavy atom. The van der Waals surface area contributed by atoms with Crippen molar-refractivity contribution in [2.24, 2.45) is 5.92 Å². The summed E-state index contributed by atoms with van der Waals surface area (Å²) in [4.78, 5) is 31.6. The molecule has 168 valence electrons. The number of hydrogen-bond donors (Lipinski definition) is 0. The van der Waals surface area contributed by atoms with Gasteiger partial charge in [0.05, 0.1) is 6.54 Å². The van der Waals surface area contributed by atoms with Gasteiger partial charge in [-0.05, 0) is 41.5 Å². The van der Waals surface area contributed by atoms with Gasteiger partial charge in [-0.1, -0.05) is 74.9 Å². The van der Waals surface area contributed by atoms with Crippen LogP contribution in [0, 0.1) is 12.8 Å². The molecule has 0 aliphatic carbocycles. The first-order chi connectivity index (χ1) is 15.5. The van der Waals surface area contributed by atoms with E-state index in [2.05, 4.69) is 13.8 Å². The first-order valence-electron chi connectivity index (χ1n) is 11.2. The number of hydrogen-bond acceptors (Lipinski definition) is 3. The zero-order valence-corrected chi connectivity index (χ0v) is 20.0. The van der Waals surface area contributed by atoms with E-state index in [9.17, 15) is 9.59 Å². The summed E-state index contributed by atoms with van der Waals surface area (Å²) in [7, 11) is 0. The van der Waals surface area contributed by atoms with E-state index in [4.69, 9.17) is 0 Å². The Morgan fingerprint density at radius 2 is 1.62 bits per heavy atom. The Kier molecular flexibility index (Phi) is 8.63. The van der Waals surface area contributed by atoms with Gasteiger partial charge >= 0.3 is 0 Å². The third-order valence-corrected chi connectivity index (χ3v) is 6.57. The van der Waals surface area contributed by atoms with Crippen LogP contribution < -0.4 is 0 Å². The van der Waals surface area contributed by atoms with Gasteiger partial charge < -0.3 is 9.80 Å². The molecule has 1 heterocycles. The van der Waals surface area contributed by atoms with Gasteiger partial charge in [0.2, 0.25) is 5.91 Å². The van der Waals surface area contributed by atoms with Crippen LogP contribution in [0.3, 0.4) is 0 Å². The highest BCUT2D eigenvalue weighted by molar-refractivity contribution is 7.09. The van der Waals surface area contributed by atoms with Gasteiger partial charge in [-0.3, -0.25) is 9.59 Å². The van der Waals surface area contributed by atoms with Gasteiger partial charge in [0.15, 0.2) is 0 Å². The summed E-state index contributed by atoms with van der Waals surface area (Å²) >= 11 is 1.64. The summed E-state index contributed by atoms with van der Waals surface area (Å²) < 4.78 is 0. The normalized spacial score (nSPS) is 11.7. The van der Waals surface area contributed by atoms with Crippen molar-refractivity contribution in [2.75, 3.05) is 13.1 Å². The molecule has 32 heavy (non-hydrogen) atoms. The lowest BCUT2D eigenvalue weighted by Crippen LogP contribution is -2.44. The summed E-state index contributed by atoms with van der Waals surface area (Å²) in [6, 6.07) is 21.7. The van der Waals surface area contributed by atoms with E-state index in [1.165, 1.54) is 0 Å². The lowest BCUT2D eigenvalue weighted by molar-refractivity contribution is -0.133. The molecule has 1 unspecified atom stereocenters. The summed E-state index contributed by atoms with van der Waals surface area (Å²) in [5.74, 6) is 0.204. The van der Waals surface area contributed by atoms with Gasteiger partial charge in [-0.15, -0.1) is 11.3 Å². The van der Waals surface area contributed by atoms with Crippen LogP contribution >= 0.6 is 11.3 Å². The molecule has 2 aromatic carbocycles. The zero-order valence-electron chi connectivity index (χ0n) is 19.2. The third-order valence-electron chi connectivity index (χ3n) is 5.71. The second kappa shape index (κ2) is 11.6. The van der Waals surface area contributed by atoms with Crippen LogP contribution in [0.25, 0.3) is 0 Å². The number of benzene rings is 2. The van der Waals surface area contributed by atoms with Gasteiger partial charge in [-0.25, -0.2) is 0 Å². The molecule has 2 amide bonds. The average molecular weight is 449 g/mol. The molecule has 0 saturated carbocycles. The maximum Gasteiger partial charge on any atom is 0.254 e. The lowest BCUT2D eigenvalue weighted by Gasteiger charge is -2.29. The number of carbonyl (C=O) groups excluding carboxylic acids is 2. The van der Waals surface area contributed by atoms with E-state index < -0.39 is 0 Å². The molecule has 1 aromatic heterocycles. The quantitative estimate of drug-likeness (QED) is 0.395. The van der Waals surface area contributed by atoms with Crippen LogP contribution in [0.2, 0.25) is 0 Å². The number of thiophene rings is 1. The van der Waals surface area contributed by atoms with Crippen molar-refractivity contribution in [3.63, 3.8) is 0 Å². The van der Waals surface area contributed by atoms with E-state index >= 15 is 0 Å². The van der Waals surface area contributed by atoms with Gasteiger partial charge in [0.25, 0.3) is 5.91 Å². The minimum Gasteiger partial charge on any atom is -0.332 e. The molecule has 1 atom stereocenters. The SMILES string of the molecule is CCC(C)CN(CC(=O)N(Cc1ccccc1)Cc1cccs1)C(=O)c1ccccc1C. The molecule has 0 radical (unpaired) electrons. The molecule has 0 fully saturated rings. The fourth-order valence-corrected chi connectivity index (χ4v) is 4.32. The van der Waals surface area contributed by atoms with E-state index in [1.54, 1.807) is 16.2 Å². The summed E-state index contributed by atoms with van der Waals surface area (Å²) in [6.07, 6.45) is 0.953. The largest absolute Gasteiger partial charge is 0.332 e. The maximum absolute atomic E-state index is 13.5. The standard InChI is InChI=1S/C27H32N2O2S/c1-4-21(2)17-29(27(31)25-15-9-8-11-22(25)3)20-26(30)28(19-24-14-10-16-32-24)18-23-12-6-5-7-13-23/h5-16,21H,4,17-20H2,1-3H3. The number of nitrogens with zero attached hydrogens (tertiary/aromatic N) is 2. The molecular formula is C27H32N2O2S. The first-order valence-corrected chi connectivity index (χ1v) is 12.0. The summed E-state index contributed by atoms with van der Waals surface area (Å²) in [5.41, 5.74) is 2.67. The van der Waals surface area contributed by atoms with Crippen LogP contribution in [-0.2, 0) is 17.9 Å². The Balaban J connectivity index is 1.82. The van der Waals surface area contributed by atoms with Crippen molar-refractivity contribution < 1.29 is 9.59 Å².